The van der Waals surface area contributed by atoms with Crippen molar-refractivity contribution in [1.29, 1.82) is 0 Å². The largest absolute Gasteiger partial charge is 0.378 e. The summed E-state index contributed by atoms with van der Waals surface area (Å²) in [6.45, 7) is 16.2. The number of aryl methyl sites for hydroxylation is 3. The predicted octanol–water partition coefficient (Wildman–Crippen LogP) is 12.4. The third-order valence-corrected chi connectivity index (χ3v) is 22.0. The Balaban J connectivity index is 0.000000186. The molecule has 0 radical (unpaired) electrons. The Kier molecular flexibility index (Phi) is 32.4. The molecule has 3 saturated heterocycles. The van der Waals surface area contributed by atoms with Crippen molar-refractivity contribution in [2.45, 2.75) is 59.2 Å². The molecule has 0 atom stereocenters. The number of nitrogens with one attached hydrogen (secondary N) is 3. The highest BCUT2D eigenvalue weighted by atomic mass is 19.1. The normalized spacial score (nSPS) is 13.7. The summed E-state index contributed by atoms with van der Waals surface area (Å²) in [5.41, 5.74) is 18.3. The molecule has 3 aliphatic heterocycles. The zero-order valence-electron chi connectivity index (χ0n) is 71.8. The number of amides is 6. The molecule has 3 aliphatic rings. The van der Waals surface area contributed by atoms with E-state index >= 15 is 0 Å². The first-order chi connectivity index (χ1) is 56.6. The molecule has 0 saturated carbocycles. The molecular formula is C96H122FN15O6. The van der Waals surface area contributed by atoms with E-state index in [1.807, 2.05) is 132 Å². The number of piperazine rings is 3. The lowest BCUT2D eigenvalue weighted by molar-refractivity contribution is 0.0619. The highest BCUT2D eigenvalue weighted by molar-refractivity contribution is 6.09. The van der Waals surface area contributed by atoms with E-state index < -0.39 is 5.82 Å². The quantitative estimate of drug-likeness (QED) is 0.0394. The summed E-state index contributed by atoms with van der Waals surface area (Å²) in [5.74, 6) is -1.74. The summed E-state index contributed by atoms with van der Waals surface area (Å²) in [7, 11) is 24.3. The number of carbonyl (C=O) groups is 6. The second-order valence-corrected chi connectivity index (χ2v) is 32.2. The third kappa shape index (κ3) is 25.7. The van der Waals surface area contributed by atoms with Gasteiger partial charge in [-0.1, -0.05) is 96.1 Å². The smallest absolute Gasteiger partial charge is 0.254 e. The van der Waals surface area contributed by atoms with Crippen LogP contribution in [0.5, 0.6) is 0 Å². The van der Waals surface area contributed by atoms with E-state index in [-0.39, 0.29) is 46.6 Å². The monoisotopic (exact) mass is 1600 g/mol. The number of rotatable bonds is 28. The Morgan fingerprint density at radius 3 is 0.856 bits per heavy atom. The lowest BCUT2D eigenvalue weighted by Gasteiger charge is -2.35. The maximum Gasteiger partial charge on any atom is 0.254 e. The first-order valence-corrected chi connectivity index (χ1v) is 41.1. The topological polar surface area (TPSA) is 177 Å². The first kappa shape index (κ1) is 88.8. The second-order valence-electron chi connectivity index (χ2n) is 32.2. The van der Waals surface area contributed by atoms with Crippen LogP contribution in [0.15, 0.2) is 200 Å². The molecule has 3 heterocycles. The number of carbonyl (C=O) groups excluding carboxylic acids is 6. The minimum Gasteiger partial charge on any atom is -0.378 e. The lowest BCUT2D eigenvalue weighted by atomic mass is 10.0. The number of hydrogen-bond donors (Lipinski definition) is 3. The van der Waals surface area contributed by atoms with Gasteiger partial charge in [0.25, 0.3) is 35.4 Å². The van der Waals surface area contributed by atoms with E-state index in [0.717, 1.165) is 116 Å². The molecule has 0 unspecified atom stereocenters. The summed E-state index contributed by atoms with van der Waals surface area (Å²) >= 11 is 0. The maximum atomic E-state index is 14.2. The fraction of sp³-hybridized carbons (Fsp3) is 0.375. The van der Waals surface area contributed by atoms with E-state index in [1.165, 1.54) is 51.8 Å². The minimum absolute atomic E-state index is 0.0712. The Morgan fingerprint density at radius 2 is 0.534 bits per heavy atom. The molecule has 9 aromatic carbocycles. The predicted molar refractivity (Wildman–Crippen MR) is 480 cm³/mol. The van der Waals surface area contributed by atoms with Crippen LogP contribution in [-0.4, -0.2) is 248 Å². The third-order valence-electron chi connectivity index (χ3n) is 22.0. The van der Waals surface area contributed by atoms with E-state index in [4.69, 9.17) is 0 Å². The molecule has 9 aromatic rings. The zero-order chi connectivity index (χ0) is 84.5. The molecule has 0 aromatic heterocycles. The van der Waals surface area contributed by atoms with Gasteiger partial charge >= 0.3 is 0 Å². The number of anilines is 6. The summed E-state index contributed by atoms with van der Waals surface area (Å²) in [6, 6.07) is 65.6. The Bertz CT molecular complexity index is 4760. The van der Waals surface area contributed by atoms with Crippen molar-refractivity contribution in [2.75, 3.05) is 212 Å². The molecule has 22 heteroatoms. The molecule has 21 nitrogen and oxygen atoms in total. The van der Waals surface area contributed by atoms with Gasteiger partial charge < -0.3 is 60.0 Å². The Hall–Kier alpha value is -11.6. The summed E-state index contributed by atoms with van der Waals surface area (Å²) in [5, 5.41) is 8.95. The van der Waals surface area contributed by atoms with Crippen molar-refractivity contribution in [1.82, 2.24) is 45.3 Å². The highest BCUT2D eigenvalue weighted by Crippen LogP contribution is 2.25. The SMILES string of the molecule is CN(C)c1ccc(CCCNC(=O)c2ccc(F)cc2C(=O)N2CCN(Cc3ccc(N(C)C)cc3)CC2)cc1.Cc1ccc(C(=O)N2CCN(Cc3ccc(N(C)C)cc3)CC2)c(C(=O)NCCc2ccc(N(C)C)cc2)c1.Cc1ccc(C(=O)NCCc2ccc(N(C)C)cc2)c(C(=O)N2CCN(Cc3ccc(N(C)C)cc3)CC2)c1. The Labute approximate surface area is 699 Å². The number of benzene rings is 9. The molecule has 0 bridgehead atoms. The van der Waals surface area contributed by atoms with Crippen LogP contribution in [0.3, 0.4) is 0 Å². The molecule has 0 spiro atoms. The zero-order valence-corrected chi connectivity index (χ0v) is 71.8. The summed E-state index contributed by atoms with van der Waals surface area (Å²) in [4.78, 5) is 105. The fourth-order valence-corrected chi connectivity index (χ4v) is 14.6. The lowest BCUT2D eigenvalue weighted by Crippen LogP contribution is -2.48. The van der Waals surface area contributed by atoms with Gasteiger partial charge in [0.2, 0.25) is 0 Å². The van der Waals surface area contributed by atoms with Crippen LogP contribution in [0.4, 0.5) is 38.5 Å². The number of halogens is 1. The Morgan fingerprint density at radius 1 is 0.280 bits per heavy atom. The van der Waals surface area contributed by atoms with Crippen molar-refractivity contribution >= 4 is 69.6 Å². The average molecular weight is 1600 g/mol. The summed E-state index contributed by atoms with van der Waals surface area (Å²) in [6.07, 6.45) is 3.05. The summed E-state index contributed by atoms with van der Waals surface area (Å²) < 4.78 is 14.2. The maximum absolute atomic E-state index is 14.2. The molecule has 3 N–H and O–H groups in total. The van der Waals surface area contributed by atoms with Crippen LogP contribution in [-0.2, 0) is 38.9 Å². The van der Waals surface area contributed by atoms with E-state index in [1.54, 1.807) is 17.0 Å². The number of hydrogen-bond acceptors (Lipinski definition) is 15. The molecule has 118 heavy (non-hydrogen) atoms. The van der Waals surface area contributed by atoms with Gasteiger partial charge in [0.1, 0.15) is 5.82 Å². The van der Waals surface area contributed by atoms with E-state index in [2.05, 4.69) is 206 Å². The van der Waals surface area contributed by atoms with Gasteiger partial charge in [0, 0.05) is 237 Å². The number of nitrogens with zero attached hydrogens (tertiary/aromatic N) is 12. The van der Waals surface area contributed by atoms with Gasteiger partial charge in [-0.05, 0) is 188 Å². The van der Waals surface area contributed by atoms with Gasteiger partial charge in [-0.15, -0.1) is 0 Å². The van der Waals surface area contributed by atoms with E-state index in [9.17, 15) is 33.2 Å². The van der Waals surface area contributed by atoms with Gasteiger partial charge in [-0.2, -0.15) is 0 Å². The van der Waals surface area contributed by atoms with Crippen LogP contribution >= 0.6 is 0 Å². The van der Waals surface area contributed by atoms with Crippen LogP contribution < -0.4 is 45.3 Å². The van der Waals surface area contributed by atoms with Gasteiger partial charge in [0.15, 0.2) is 0 Å². The molecule has 0 aliphatic carbocycles. The van der Waals surface area contributed by atoms with Crippen molar-refractivity contribution < 1.29 is 33.2 Å². The van der Waals surface area contributed by atoms with Crippen LogP contribution in [0, 0.1) is 19.7 Å². The van der Waals surface area contributed by atoms with Gasteiger partial charge in [0.05, 0.1) is 33.4 Å². The highest BCUT2D eigenvalue weighted by Gasteiger charge is 2.30. The first-order valence-electron chi connectivity index (χ1n) is 41.1. The fourth-order valence-electron chi connectivity index (χ4n) is 14.6. The van der Waals surface area contributed by atoms with Crippen molar-refractivity contribution in [3.05, 3.63) is 284 Å². The van der Waals surface area contributed by atoms with Crippen LogP contribution in [0.2, 0.25) is 0 Å². The molecule has 3 fully saturated rings. The second kappa shape index (κ2) is 43.0. The molecule has 6 amide bonds. The molecular weight excluding hydrogens is 1480 g/mol. The van der Waals surface area contributed by atoms with Gasteiger partial charge in [-0.3, -0.25) is 43.5 Å². The molecule has 624 valence electrons. The molecule has 12 rings (SSSR count). The average Bonchev–Trinajstić information content (AvgIpc) is 0.813. The van der Waals surface area contributed by atoms with Gasteiger partial charge in [-0.25, -0.2) is 4.39 Å². The van der Waals surface area contributed by atoms with Crippen molar-refractivity contribution in [2.24, 2.45) is 0 Å². The van der Waals surface area contributed by atoms with Crippen LogP contribution in [0.1, 0.15) is 113 Å². The van der Waals surface area contributed by atoms with Crippen molar-refractivity contribution in [3.8, 4) is 0 Å². The minimum atomic E-state index is -0.527. The van der Waals surface area contributed by atoms with E-state index in [0.29, 0.717) is 94.2 Å². The standard InChI is InChI=1S/C32H40FN5O2.2C32H41N5O2/c1-35(2)27-12-7-24(8-13-27)6-5-17-34-31(39)29-16-11-26(33)22-30(29)32(40)38-20-18-37(19-21-38)23-25-9-14-28(15-10-25)36(3)4;1-24-6-15-29(30(22-24)31(38)33-17-16-25-7-11-27(12-8-25)34(2)3)32(39)37-20-18-36(19-21-37)23-26-9-13-28(14-10-26)35(4)5;1-24-6-15-29(31(38)33-17-16-25-7-11-27(12-8-25)34(2)3)30(22-24)32(39)37-20-18-36(19-21-37)23-26-9-13-28(14-10-26)35(4)5/h7-16,22H,5-6,17-21,23H2,1-4H3,(H,34,39);2*6-15,22H,16-21,23H2,1-5H3,(H,33,38). The van der Waals surface area contributed by atoms with Crippen molar-refractivity contribution in [3.63, 3.8) is 0 Å². The van der Waals surface area contributed by atoms with Crippen LogP contribution in [0.25, 0.3) is 0 Å².